The predicted molar refractivity (Wildman–Crippen MR) is 117 cm³/mol. The first kappa shape index (κ1) is 20.9. The summed E-state index contributed by atoms with van der Waals surface area (Å²) < 4.78 is 27.5. The lowest BCUT2D eigenvalue weighted by Gasteiger charge is -2.27. The van der Waals surface area contributed by atoms with E-state index in [0.717, 1.165) is 30.5 Å². The van der Waals surface area contributed by atoms with Crippen LogP contribution in [-0.2, 0) is 22.3 Å². The molecule has 2 heterocycles. The number of carbonyl (C=O) groups excluding carboxylic acids is 1. The molecule has 0 bridgehead atoms. The number of hydrogen-bond acceptors (Lipinski definition) is 3. The summed E-state index contributed by atoms with van der Waals surface area (Å²) in [6.07, 6.45) is 2.44. The molecule has 2 amide bonds. The van der Waals surface area contributed by atoms with E-state index in [9.17, 15) is 13.2 Å². The van der Waals surface area contributed by atoms with Crippen LogP contribution in [0.2, 0.25) is 0 Å². The van der Waals surface area contributed by atoms with E-state index >= 15 is 0 Å². The SMILES string of the molecule is O=C(NCc1ccccc1)N1CC[C@H]2CCN(S(=O)(=O)Cc3ccccc3)CC[C@H]21. The highest BCUT2D eigenvalue weighted by molar-refractivity contribution is 7.88. The number of carbonyl (C=O) groups is 1. The fourth-order valence-electron chi connectivity index (χ4n) is 4.63. The molecule has 2 atom stereocenters. The zero-order valence-electron chi connectivity index (χ0n) is 17.1. The van der Waals surface area contributed by atoms with Crippen LogP contribution in [0.25, 0.3) is 0 Å². The van der Waals surface area contributed by atoms with Crippen LogP contribution in [0.3, 0.4) is 0 Å². The van der Waals surface area contributed by atoms with E-state index in [1.165, 1.54) is 0 Å². The molecule has 0 spiro atoms. The number of nitrogens with zero attached hydrogens (tertiary/aromatic N) is 2. The highest BCUT2D eigenvalue weighted by Crippen LogP contribution is 2.33. The van der Waals surface area contributed by atoms with E-state index in [-0.39, 0.29) is 17.8 Å². The molecule has 2 saturated heterocycles. The second kappa shape index (κ2) is 9.18. The van der Waals surface area contributed by atoms with E-state index < -0.39 is 10.0 Å². The lowest BCUT2D eigenvalue weighted by atomic mass is 9.96. The minimum atomic E-state index is -3.36. The first-order valence-electron chi connectivity index (χ1n) is 10.6. The van der Waals surface area contributed by atoms with Crippen molar-refractivity contribution in [3.8, 4) is 0 Å². The van der Waals surface area contributed by atoms with Crippen molar-refractivity contribution < 1.29 is 13.2 Å². The van der Waals surface area contributed by atoms with E-state index in [2.05, 4.69) is 5.32 Å². The summed E-state index contributed by atoms with van der Waals surface area (Å²) in [5.74, 6) is 0.397. The number of fused-ring (bicyclic) bond motifs is 1. The molecular formula is C23H29N3O3S. The van der Waals surface area contributed by atoms with E-state index in [0.29, 0.717) is 32.0 Å². The predicted octanol–water partition coefficient (Wildman–Crippen LogP) is 3.21. The van der Waals surface area contributed by atoms with Gasteiger partial charge >= 0.3 is 6.03 Å². The van der Waals surface area contributed by atoms with Crippen molar-refractivity contribution in [2.75, 3.05) is 19.6 Å². The second-order valence-corrected chi connectivity index (χ2v) is 10.1. The molecule has 4 rings (SSSR count). The van der Waals surface area contributed by atoms with Gasteiger partial charge in [0.15, 0.2) is 0 Å². The quantitative estimate of drug-likeness (QED) is 0.797. The van der Waals surface area contributed by atoms with Gasteiger partial charge < -0.3 is 10.2 Å². The minimum Gasteiger partial charge on any atom is -0.334 e. The Hall–Kier alpha value is -2.38. The highest BCUT2D eigenvalue weighted by Gasteiger charge is 2.40. The molecule has 2 aliphatic heterocycles. The Morgan fingerprint density at radius 1 is 0.867 bits per heavy atom. The van der Waals surface area contributed by atoms with Gasteiger partial charge in [-0.05, 0) is 36.3 Å². The van der Waals surface area contributed by atoms with Gasteiger partial charge in [0.2, 0.25) is 10.0 Å². The number of urea groups is 1. The van der Waals surface area contributed by atoms with Crippen molar-refractivity contribution in [3.05, 3.63) is 71.8 Å². The monoisotopic (exact) mass is 427 g/mol. The van der Waals surface area contributed by atoms with Gasteiger partial charge in [-0.15, -0.1) is 0 Å². The van der Waals surface area contributed by atoms with Gasteiger partial charge in [0.1, 0.15) is 0 Å². The number of benzene rings is 2. The summed E-state index contributed by atoms with van der Waals surface area (Å²) in [6.45, 7) is 2.26. The molecule has 0 saturated carbocycles. The lowest BCUT2D eigenvalue weighted by Crippen LogP contribution is -2.44. The maximum atomic E-state index is 12.9. The summed E-state index contributed by atoms with van der Waals surface area (Å²) in [5, 5.41) is 3.02. The van der Waals surface area contributed by atoms with Crippen LogP contribution in [0.4, 0.5) is 4.79 Å². The molecule has 30 heavy (non-hydrogen) atoms. The van der Waals surface area contributed by atoms with Crippen molar-refractivity contribution in [1.29, 1.82) is 0 Å². The Morgan fingerprint density at radius 2 is 1.47 bits per heavy atom. The molecule has 6 nitrogen and oxygen atoms in total. The van der Waals surface area contributed by atoms with E-state index in [1.54, 1.807) is 4.31 Å². The van der Waals surface area contributed by atoms with Crippen LogP contribution < -0.4 is 5.32 Å². The van der Waals surface area contributed by atoms with Crippen molar-refractivity contribution >= 4 is 16.1 Å². The Labute approximate surface area is 178 Å². The van der Waals surface area contributed by atoms with Gasteiger partial charge in [-0.2, -0.15) is 0 Å². The third-order valence-electron chi connectivity index (χ3n) is 6.24. The van der Waals surface area contributed by atoms with Crippen molar-refractivity contribution in [2.45, 2.75) is 37.6 Å². The van der Waals surface area contributed by atoms with Crippen molar-refractivity contribution in [2.24, 2.45) is 5.92 Å². The Bertz CT molecular complexity index is 950. The largest absolute Gasteiger partial charge is 0.334 e. The van der Waals surface area contributed by atoms with Crippen LogP contribution >= 0.6 is 0 Å². The zero-order valence-corrected chi connectivity index (χ0v) is 17.9. The third-order valence-corrected chi connectivity index (χ3v) is 8.09. The molecule has 0 aliphatic carbocycles. The molecular weight excluding hydrogens is 398 g/mol. The van der Waals surface area contributed by atoms with Crippen LogP contribution in [0, 0.1) is 5.92 Å². The van der Waals surface area contributed by atoms with Crippen molar-refractivity contribution in [3.63, 3.8) is 0 Å². The molecule has 2 aromatic carbocycles. The van der Waals surface area contributed by atoms with E-state index in [1.807, 2.05) is 65.6 Å². The number of sulfonamides is 1. The Kier molecular flexibility index (Phi) is 6.39. The molecule has 0 unspecified atom stereocenters. The zero-order chi connectivity index (χ0) is 21.0. The number of rotatable bonds is 5. The summed E-state index contributed by atoms with van der Waals surface area (Å²) in [4.78, 5) is 14.7. The molecule has 7 heteroatoms. The van der Waals surface area contributed by atoms with Crippen LogP contribution in [-0.4, -0.2) is 49.3 Å². The smallest absolute Gasteiger partial charge is 0.317 e. The topological polar surface area (TPSA) is 69.7 Å². The summed E-state index contributed by atoms with van der Waals surface area (Å²) in [6, 6.07) is 19.2. The molecule has 160 valence electrons. The normalized spacial score (nSPS) is 22.3. The first-order valence-corrected chi connectivity index (χ1v) is 12.2. The fraction of sp³-hybridized carbons (Fsp3) is 0.435. The average molecular weight is 428 g/mol. The van der Waals surface area contributed by atoms with Gasteiger partial charge in [-0.25, -0.2) is 17.5 Å². The van der Waals surface area contributed by atoms with E-state index in [4.69, 9.17) is 0 Å². The van der Waals surface area contributed by atoms with Crippen LogP contribution in [0.1, 0.15) is 30.4 Å². The summed E-state index contributed by atoms with van der Waals surface area (Å²) in [5.41, 5.74) is 1.88. The van der Waals surface area contributed by atoms with Crippen LogP contribution in [0.15, 0.2) is 60.7 Å². The van der Waals surface area contributed by atoms with Gasteiger partial charge in [0.05, 0.1) is 5.75 Å². The number of likely N-dealkylation sites (tertiary alicyclic amines) is 1. The molecule has 1 N–H and O–H groups in total. The first-order chi connectivity index (χ1) is 14.5. The molecule has 0 radical (unpaired) electrons. The van der Waals surface area contributed by atoms with Gasteiger partial charge in [0, 0.05) is 32.2 Å². The maximum Gasteiger partial charge on any atom is 0.317 e. The molecule has 0 aromatic heterocycles. The van der Waals surface area contributed by atoms with Crippen LogP contribution in [0.5, 0.6) is 0 Å². The Morgan fingerprint density at radius 3 is 2.17 bits per heavy atom. The molecule has 2 fully saturated rings. The van der Waals surface area contributed by atoms with Gasteiger partial charge in [-0.1, -0.05) is 60.7 Å². The maximum absolute atomic E-state index is 12.9. The number of hydrogen-bond donors (Lipinski definition) is 1. The standard InChI is InChI=1S/C23H29N3O3S/c27-23(24-17-19-7-3-1-4-8-19)26-16-12-21-11-14-25(15-13-22(21)26)30(28,29)18-20-9-5-2-6-10-20/h1-10,21-22H,11-18H2,(H,24,27)/t21-,22-/m1/s1. The number of nitrogens with one attached hydrogen (secondary N) is 1. The van der Waals surface area contributed by atoms with Gasteiger partial charge in [0.25, 0.3) is 0 Å². The van der Waals surface area contributed by atoms with Crippen molar-refractivity contribution in [1.82, 2.24) is 14.5 Å². The molecule has 2 aliphatic rings. The average Bonchev–Trinajstić information content (AvgIpc) is 3.03. The molecule has 2 aromatic rings. The lowest BCUT2D eigenvalue weighted by molar-refractivity contribution is 0.182. The minimum absolute atomic E-state index is 0.0322. The Balaban J connectivity index is 1.36. The number of amides is 2. The second-order valence-electron chi connectivity index (χ2n) is 8.17. The summed E-state index contributed by atoms with van der Waals surface area (Å²) in [7, 11) is -3.36. The van der Waals surface area contributed by atoms with Gasteiger partial charge in [-0.3, -0.25) is 0 Å². The third kappa shape index (κ3) is 4.84. The fourth-order valence-corrected chi connectivity index (χ4v) is 6.19. The highest BCUT2D eigenvalue weighted by atomic mass is 32.2. The summed E-state index contributed by atoms with van der Waals surface area (Å²) >= 11 is 0.